The van der Waals surface area contributed by atoms with Gasteiger partial charge in [0.15, 0.2) is 11.5 Å². The van der Waals surface area contributed by atoms with Gasteiger partial charge in [0.1, 0.15) is 0 Å². The highest BCUT2D eigenvalue weighted by Gasteiger charge is 2.09. The van der Waals surface area contributed by atoms with Gasteiger partial charge in [-0.25, -0.2) is 5.14 Å². The molecule has 0 aliphatic carbocycles. The van der Waals surface area contributed by atoms with Gasteiger partial charge < -0.3 is 9.47 Å². The fourth-order valence-corrected chi connectivity index (χ4v) is 1.85. The Morgan fingerprint density at radius 3 is 2.21 bits per heavy atom. The lowest BCUT2D eigenvalue weighted by Gasteiger charge is -2.13. The van der Waals surface area contributed by atoms with Crippen LogP contribution in [0.15, 0.2) is 18.2 Å². The molecule has 0 aromatic heterocycles. The zero-order valence-corrected chi connectivity index (χ0v) is 12.0. The number of hydrogen-bond acceptors (Lipinski definition) is 4. The number of hydrogen-bond donors (Lipinski definition) is 2. The molecule has 1 aromatic rings. The Labute approximate surface area is 114 Å². The summed E-state index contributed by atoms with van der Waals surface area (Å²) in [6.45, 7) is 5.09. The number of anilines is 1. The van der Waals surface area contributed by atoms with Crippen LogP contribution in [0.1, 0.15) is 26.7 Å². The summed E-state index contributed by atoms with van der Waals surface area (Å²) in [6, 6.07) is 4.80. The predicted octanol–water partition coefficient (Wildman–Crippen LogP) is 1.88. The van der Waals surface area contributed by atoms with E-state index in [1.165, 1.54) is 0 Å². The van der Waals surface area contributed by atoms with E-state index in [9.17, 15) is 8.42 Å². The minimum absolute atomic E-state index is 0.345. The second-order valence-electron chi connectivity index (χ2n) is 4.01. The van der Waals surface area contributed by atoms with Crippen molar-refractivity contribution in [3.63, 3.8) is 0 Å². The predicted molar refractivity (Wildman–Crippen MR) is 74.7 cm³/mol. The molecule has 0 spiro atoms. The highest BCUT2D eigenvalue weighted by molar-refractivity contribution is 7.90. The molecule has 0 fully saturated rings. The third-order valence-corrected chi connectivity index (χ3v) is 2.65. The molecule has 0 aliphatic heterocycles. The summed E-state index contributed by atoms with van der Waals surface area (Å²) < 4.78 is 35.2. The van der Waals surface area contributed by atoms with Gasteiger partial charge in [0.25, 0.3) is 10.2 Å². The van der Waals surface area contributed by atoms with Gasteiger partial charge in [-0.1, -0.05) is 13.8 Å². The van der Waals surface area contributed by atoms with Crippen LogP contribution in [0.3, 0.4) is 0 Å². The van der Waals surface area contributed by atoms with Gasteiger partial charge in [0, 0.05) is 6.07 Å². The van der Waals surface area contributed by atoms with Crippen LogP contribution in [0.25, 0.3) is 0 Å². The molecule has 0 atom stereocenters. The lowest BCUT2D eigenvalue weighted by molar-refractivity contribution is 0.268. The maximum Gasteiger partial charge on any atom is 0.296 e. The molecule has 0 heterocycles. The standard InChI is InChI=1S/C12H20N2O4S/c1-3-7-17-11-6-5-10(14-19(13,15)16)9-12(11)18-8-4-2/h5-6,9,14H,3-4,7-8H2,1-2H3,(H2,13,15,16). The van der Waals surface area contributed by atoms with E-state index < -0.39 is 10.2 Å². The average Bonchev–Trinajstić information content (AvgIpc) is 2.33. The quantitative estimate of drug-likeness (QED) is 0.764. The second-order valence-corrected chi connectivity index (χ2v) is 5.30. The number of rotatable bonds is 8. The SMILES string of the molecule is CCCOc1ccc(NS(N)(=O)=O)cc1OCCC. The van der Waals surface area contributed by atoms with Crippen molar-refractivity contribution in [3.8, 4) is 11.5 Å². The van der Waals surface area contributed by atoms with Crippen molar-refractivity contribution in [1.82, 2.24) is 0 Å². The number of nitrogens with one attached hydrogen (secondary N) is 1. The molecule has 0 aliphatic rings. The summed E-state index contributed by atoms with van der Waals surface area (Å²) in [5.41, 5.74) is 0.345. The summed E-state index contributed by atoms with van der Waals surface area (Å²) in [5, 5.41) is 4.92. The molecule has 1 aromatic carbocycles. The summed E-state index contributed by atoms with van der Waals surface area (Å²) in [5.74, 6) is 1.10. The van der Waals surface area contributed by atoms with Crippen molar-refractivity contribution >= 4 is 15.9 Å². The smallest absolute Gasteiger partial charge is 0.296 e. The Balaban J connectivity index is 2.93. The summed E-state index contributed by atoms with van der Waals surface area (Å²) >= 11 is 0. The lowest BCUT2D eigenvalue weighted by atomic mass is 10.3. The normalized spacial score (nSPS) is 11.1. The Morgan fingerprint density at radius 2 is 1.68 bits per heavy atom. The van der Waals surface area contributed by atoms with Crippen LogP contribution < -0.4 is 19.3 Å². The maximum atomic E-state index is 11.0. The minimum atomic E-state index is -3.79. The highest BCUT2D eigenvalue weighted by atomic mass is 32.2. The second kappa shape index (κ2) is 7.20. The van der Waals surface area contributed by atoms with Crippen LogP contribution in [0, 0.1) is 0 Å². The van der Waals surface area contributed by atoms with Crippen LogP contribution in [0.5, 0.6) is 11.5 Å². The van der Waals surface area contributed by atoms with Crippen LogP contribution in [0.4, 0.5) is 5.69 Å². The fourth-order valence-electron chi connectivity index (χ4n) is 1.39. The first-order valence-corrected chi connectivity index (χ1v) is 7.71. The van der Waals surface area contributed by atoms with Crippen LogP contribution in [-0.2, 0) is 10.2 Å². The first kappa shape index (κ1) is 15.6. The maximum absolute atomic E-state index is 11.0. The van der Waals surface area contributed by atoms with Gasteiger partial charge in [0.2, 0.25) is 0 Å². The van der Waals surface area contributed by atoms with E-state index in [0.717, 1.165) is 12.8 Å². The Hall–Kier alpha value is -1.47. The van der Waals surface area contributed by atoms with E-state index in [2.05, 4.69) is 4.72 Å². The molecular weight excluding hydrogens is 268 g/mol. The van der Waals surface area contributed by atoms with Crippen LogP contribution in [-0.4, -0.2) is 21.6 Å². The zero-order valence-electron chi connectivity index (χ0n) is 11.2. The molecule has 0 bridgehead atoms. The summed E-state index contributed by atoms with van der Waals surface area (Å²) in [4.78, 5) is 0. The molecule has 108 valence electrons. The third kappa shape index (κ3) is 5.80. The summed E-state index contributed by atoms with van der Waals surface area (Å²) in [7, 11) is -3.79. The zero-order chi connectivity index (χ0) is 14.3. The molecule has 7 heteroatoms. The molecular formula is C12H20N2O4S. The van der Waals surface area contributed by atoms with Gasteiger partial charge in [0.05, 0.1) is 18.9 Å². The van der Waals surface area contributed by atoms with E-state index in [0.29, 0.717) is 30.4 Å². The first-order chi connectivity index (χ1) is 8.96. The van der Waals surface area contributed by atoms with E-state index >= 15 is 0 Å². The monoisotopic (exact) mass is 288 g/mol. The van der Waals surface area contributed by atoms with Crippen molar-refractivity contribution < 1.29 is 17.9 Å². The van der Waals surface area contributed by atoms with Gasteiger partial charge in [-0.3, -0.25) is 4.72 Å². The lowest BCUT2D eigenvalue weighted by Crippen LogP contribution is -2.21. The summed E-state index contributed by atoms with van der Waals surface area (Å²) in [6.07, 6.45) is 1.73. The Kier molecular flexibility index (Phi) is 5.91. The van der Waals surface area contributed by atoms with E-state index in [4.69, 9.17) is 14.6 Å². The molecule has 19 heavy (non-hydrogen) atoms. The van der Waals surface area contributed by atoms with Gasteiger partial charge in [-0.15, -0.1) is 0 Å². The van der Waals surface area contributed by atoms with Gasteiger partial charge in [-0.2, -0.15) is 8.42 Å². The highest BCUT2D eigenvalue weighted by Crippen LogP contribution is 2.31. The molecule has 0 unspecified atom stereocenters. The fraction of sp³-hybridized carbons (Fsp3) is 0.500. The van der Waals surface area contributed by atoms with Crippen molar-refractivity contribution in [2.45, 2.75) is 26.7 Å². The Bertz CT molecular complexity index is 502. The van der Waals surface area contributed by atoms with Crippen molar-refractivity contribution in [3.05, 3.63) is 18.2 Å². The van der Waals surface area contributed by atoms with Crippen LogP contribution in [0.2, 0.25) is 0 Å². The molecule has 0 radical (unpaired) electrons. The van der Waals surface area contributed by atoms with E-state index in [1.807, 2.05) is 13.8 Å². The number of benzene rings is 1. The average molecular weight is 288 g/mol. The largest absolute Gasteiger partial charge is 0.490 e. The topological polar surface area (TPSA) is 90.6 Å². The van der Waals surface area contributed by atoms with E-state index in [-0.39, 0.29) is 0 Å². The van der Waals surface area contributed by atoms with Gasteiger partial charge >= 0.3 is 0 Å². The van der Waals surface area contributed by atoms with Crippen molar-refractivity contribution in [2.24, 2.45) is 5.14 Å². The molecule has 0 saturated carbocycles. The molecule has 0 saturated heterocycles. The number of nitrogens with two attached hydrogens (primary N) is 1. The molecule has 1 rings (SSSR count). The minimum Gasteiger partial charge on any atom is -0.490 e. The third-order valence-electron chi connectivity index (χ3n) is 2.13. The van der Waals surface area contributed by atoms with Crippen molar-refractivity contribution in [1.29, 1.82) is 0 Å². The van der Waals surface area contributed by atoms with Crippen molar-refractivity contribution in [2.75, 3.05) is 17.9 Å². The Morgan fingerprint density at radius 1 is 1.11 bits per heavy atom. The first-order valence-electron chi connectivity index (χ1n) is 6.16. The number of ether oxygens (including phenoxy) is 2. The molecule has 3 N–H and O–H groups in total. The molecule has 6 nitrogen and oxygen atoms in total. The molecule has 0 amide bonds. The van der Waals surface area contributed by atoms with Crippen LogP contribution >= 0.6 is 0 Å². The van der Waals surface area contributed by atoms with Gasteiger partial charge in [-0.05, 0) is 25.0 Å². The van der Waals surface area contributed by atoms with E-state index in [1.54, 1.807) is 18.2 Å².